The zero-order valence-electron chi connectivity index (χ0n) is 14.5. The van der Waals surface area contributed by atoms with Crippen molar-refractivity contribution < 1.29 is 14.3 Å². The van der Waals surface area contributed by atoms with E-state index in [4.69, 9.17) is 27.9 Å². The van der Waals surface area contributed by atoms with Gasteiger partial charge in [0.2, 0.25) is 5.91 Å². The highest BCUT2D eigenvalue weighted by atomic mass is 35.5. The average molecular weight is 395 g/mol. The van der Waals surface area contributed by atoms with E-state index in [1.807, 2.05) is 18.2 Å². The molecule has 1 unspecified atom stereocenters. The van der Waals surface area contributed by atoms with E-state index >= 15 is 0 Å². The van der Waals surface area contributed by atoms with E-state index in [0.29, 0.717) is 28.0 Å². The zero-order chi connectivity index (χ0) is 19.1. The van der Waals surface area contributed by atoms with Gasteiger partial charge in [0.05, 0.1) is 22.3 Å². The highest BCUT2D eigenvalue weighted by Gasteiger charge is 2.23. The minimum Gasteiger partial charge on any atom is -0.481 e. The van der Waals surface area contributed by atoms with Gasteiger partial charge in [0.25, 0.3) is 5.91 Å². The Hall–Kier alpha value is -2.24. The summed E-state index contributed by atoms with van der Waals surface area (Å²) in [6.45, 7) is 3.69. The van der Waals surface area contributed by atoms with E-state index in [1.54, 1.807) is 44.2 Å². The Balaban J connectivity index is 1.99. The maximum atomic E-state index is 12.6. The lowest BCUT2D eigenvalue weighted by Gasteiger charge is -2.24. The van der Waals surface area contributed by atoms with Gasteiger partial charge >= 0.3 is 0 Å². The first kappa shape index (κ1) is 20.1. The molecule has 0 radical (unpaired) electrons. The largest absolute Gasteiger partial charge is 0.481 e. The summed E-state index contributed by atoms with van der Waals surface area (Å²) < 4.78 is 5.63. The predicted octanol–water partition coefficient (Wildman–Crippen LogP) is 4.25. The van der Waals surface area contributed by atoms with Crippen molar-refractivity contribution in [2.75, 3.05) is 18.4 Å². The van der Waals surface area contributed by atoms with Crippen LogP contribution in [0.2, 0.25) is 10.0 Å². The second-order valence-corrected chi connectivity index (χ2v) is 6.38. The van der Waals surface area contributed by atoms with Crippen LogP contribution in [0, 0.1) is 0 Å². The normalized spacial score (nSPS) is 11.5. The Morgan fingerprint density at radius 2 is 1.69 bits per heavy atom. The zero-order valence-corrected chi connectivity index (χ0v) is 16.1. The van der Waals surface area contributed by atoms with Gasteiger partial charge in [-0.05, 0) is 38.1 Å². The molecule has 0 saturated heterocycles. The van der Waals surface area contributed by atoms with Crippen LogP contribution in [-0.2, 0) is 9.59 Å². The van der Waals surface area contributed by atoms with Gasteiger partial charge in [-0.2, -0.15) is 0 Å². The first-order chi connectivity index (χ1) is 12.4. The standard InChI is InChI=1S/C19H20Cl2N2O3/c1-3-23(19(25)13(2)26-14-8-5-4-6-9-14)12-17(24)22-18-15(20)10-7-11-16(18)21/h4-11,13H,3,12H2,1-2H3,(H,22,24). The summed E-state index contributed by atoms with van der Waals surface area (Å²) in [7, 11) is 0. The number of carbonyl (C=O) groups excluding carboxylic acids is 2. The van der Waals surface area contributed by atoms with Crippen LogP contribution in [0.25, 0.3) is 0 Å². The van der Waals surface area contributed by atoms with Crippen LogP contribution in [0.5, 0.6) is 5.75 Å². The molecule has 2 aromatic carbocycles. The van der Waals surface area contributed by atoms with Crippen molar-refractivity contribution in [1.82, 2.24) is 4.90 Å². The fraction of sp³-hybridized carbons (Fsp3) is 0.263. The molecule has 1 atom stereocenters. The van der Waals surface area contributed by atoms with Crippen molar-refractivity contribution in [3.05, 3.63) is 58.6 Å². The number of carbonyl (C=O) groups is 2. The van der Waals surface area contributed by atoms with Gasteiger partial charge in [-0.1, -0.05) is 47.5 Å². The topological polar surface area (TPSA) is 58.6 Å². The Morgan fingerprint density at radius 1 is 1.08 bits per heavy atom. The van der Waals surface area contributed by atoms with Crippen molar-refractivity contribution in [2.45, 2.75) is 20.0 Å². The number of halogens is 2. The second kappa shape index (κ2) is 9.46. The first-order valence-electron chi connectivity index (χ1n) is 8.16. The maximum absolute atomic E-state index is 12.6. The Bertz CT molecular complexity index is 748. The van der Waals surface area contributed by atoms with Crippen LogP contribution in [-0.4, -0.2) is 35.9 Å². The van der Waals surface area contributed by atoms with Gasteiger partial charge in [0.1, 0.15) is 5.75 Å². The van der Waals surface area contributed by atoms with E-state index in [2.05, 4.69) is 5.32 Å². The Morgan fingerprint density at radius 3 is 2.27 bits per heavy atom. The molecule has 1 N–H and O–H groups in total. The number of nitrogens with zero attached hydrogens (tertiary/aromatic N) is 1. The number of hydrogen-bond donors (Lipinski definition) is 1. The molecule has 0 aliphatic heterocycles. The van der Waals surface area contributed by atoms with Crippen LogP contribution >= 0.6 is 23.2 Å². The molecule has 0 aromatic heterocycles. The van der Waals surface area contributed by atoms with E-state index in [9.17, 15) is 9.59 Å². The summed E-state index contributed by atoms with van der Waals surface area (Å²) in [5.74, 6) is -0.0735. The molecule has 5 nitrogen and oxygen atoms in total. The number of rotatable bonds is 7. The van der Waals surface area contributed by atoms with E-state index in [0.717, 1.165) is 0 Å². The monoisotopic (exact) mass is 394 g/mol. The van der Waals surface area contributed by atoms with Gasteiger partial charge < -0.3 is 15.0 Å². The third kappa shape index (κ3) is 5.38. The number of amides is 2. The highest BCUT2D eigenvalue weighted by Crippen LogP contribution is 2.29. The van der Waals surface area contributed by atoms with Crippen LogP contribution in [0.1, 0.15) is 13.8 Å². The minimum absolute atomic E-state index is 0.126. The smallest absolute Gasteiger partial charge is 0.263 e. The van der Waals surface area contributed by atoms with Crippen LogP contribution < -0.4 is 10.1 Å². The maximum Gasteiger partial charge on any atom is 0.263 e. The summed E-state index contributed by atoms with van der Waals surface area (Å²) in [6, 6.07) is 14.0. The lowest BCUT2D eigenvalue weighted by atomic mass is 10.3. The molecule has 0 heterocycles. The lowest BCUT2D eigenvalue weighted by molar-refractivity contribution is -0.140. The third-order valence-corrected chi connectivity index (χ3v) is 4.29. The number of likely N-dealkylation sites (N-methyl/N-ethyl adjacent to an activating group) is 1. The summed E-state index contributed by atoms with van der Waals surface area (Å²) >= 11 is 12.1. The number of nitrogens with one attached hydrogen (secondary N) is 1. The molecule has 0 fully saturated rings. The fourth-order valence-corrected chi connectivity index (χ4v) is 2.82. The van der Waals surface area contributed by atoms with Gasteiger partial charge in [0.15, 0.2) is 6.10 Å². The number of para-hydroxylation sites is 2. The van der Waals surface area contributed by atoms with Gasteiger partial charge in [-0.3, -0.25) is 9.59 Å². The molecule has 2 aromatic rings. The summed E-state index contributed by atoms with van der Waals surface area (Å²) in [5.41, 5.74) is 0.331. The Kier molecular flexibility index (Phi) is 7.30. The van der Waals surface area contributed by atoms with E-state index < -0.39 is 6.10 Å². The molecule has 138 valence electrons. The Labute approximate surface area is 162 Å². The van der Waals surface area contributed by atoms with Crippen LogP contribution in [0.4, 0.5) is 5.69 Å². The van der Waals surface area contributed by atoms with Crippen LogP contribution in [0.3, 0.4) is 0 Å². The minimum atomic E-state index is -0.714. The van der Waals surface area contributed by atoms with Crippen molar-refractivity contribution in [2.24, 2.45) is 0 Å². The SMILES string of the molecule is CCN(CC(=O)Nc1c(Cl)cccc1Cl)C(=O)C(C)Oc1ccccc1. The van der Waals surface area contributed by atoms with Crippen LogP contribution in [0.15, 0.2) is 48.5 Å². The van der Waals surface area contributed by atoms with Crippen molar-refractivity contribution in [3.63, 3.8) is 0 Å². The molecular weight excluding hydrogens is 375 g/mol. The average Bonchev–Trinajstić information content (AvgIpc) is 2.63. The van der Waals surface area contributed by atoms with Gasteiger partial charge in [0, 0.05) is 6.54 Å². The quantitative estimate of drug-likeness (QED) is 0.763. The summed E-state index contributed by atoms with van der Waals surface area (Å²) in [5, 5.41) is 3.32. The molecule has 0 aliphatic rings. The first-order valence-corrected chi connectivity index (χ1v) is 8.92. The molecule has 2 rings (SSSR count). The molecule has 0 saturated carbocycles. The number of ether oxygens (including phenoxy) is 1. The molecule has 0 bridgehead atoms. The number of anilines is 1. The number of hydrogen-bond acceptors (Lipinski definition) is 3. The van der Waals surface area contributed by atoms with E-state index in [-0.39, 0.29) is 18.4 Å². The van der Waals surface area contributed by atoms with Crippen molar-refractivity contribution >= 4 is 40.7 Å². The molecule has 2 amide bonds. The highest BCUT2D eigenvalue weighted by molar-refractivity contribution is 6.39. The predicted molar refractivity (Wildman–Crippen MR) is 104 cm³/mol. The molecule has 26 heavy (non-hydrogen) atoms. The number of benzene rings is 2. The molecule has 0 aliphatic carbocycles. The summed E-state index contributed by atoms with van der Waals surface area (Å²) in [6.07, 6.45) is -0.714. The van der Waals surface area contributed by atoms with Crippen molar-refractivity contribution in [3.8, 4) is 5.75 Å². The van der Waals surface area contributed by atoms with Gasteiger partial charge in [-0.25, -0.2) is 0 Å². The molecular formula is C19H20Cl2N2O3. The molecule has 7 heteroatoms. The lowest BCUT2D eigenvalue weighted by Crippen LogP contribution is -2.44. The summed E-state index contributed by atoms with van der Waals surface area (Å²) in [4.78, 5) is 26.3. The van der Waals surface area contributed by atoms with E-state index in [1.165, 1.54) is 4.90 Å². The fourth-order valence-electron chi connectivity index (χ4n) is 2.33. The van der Waals surface area contributed by atoms with Crippen molar-refractivity contribution in [1.29, 1.82) is 0 Å². The third-order valence-electron chi connectivity index (χ3n) is 3.66. The molecule has 0 spiro atoms. The second-order valence-electron chi connectivity index (χ2n) is 5.57. The van der Waals surface area contributed by atoms with Gasteiger partial charge in [-0.15, -0.1) is 0 Å².